The molecule has 0 aliphatic carbocycles. The Balaban J connectivity index is 3.29. The van der Waals surface area contributed by atoms with Crippen molar-refractivity contribution in [3.05, 3.63) is 0 Å². The van der Waals surface area contributed by atoms with Crippen LogP contribution in [0.2, 0.25) is 0 Å². The van der Waals surface area contributed by atoms with Gasteiger partial charge in [-0.2, -0.15) is 5.26 Å². The van der Waals surface area contributed by atoms with E-state index in [1.54, 1.807) is 0 Å². The number of hydrogen-bond donors (Lipinski definition) is 0. The van der Waals surface area contributed by atoms with E-state index in [1.165, 1.54) is 6.07 Å². The van der Waals surface area contributed by atoms with E-state index in [4.69, 9.17) is 5.26 Å². The number of hydrogen-bond acceptors (Lipinski definition) is 3. The van der Waals surface area contributed by atoms with Gasteiger partial charge in [-0.25, -0.2) is 0 Å². The van der Waals surface area contributed by atoms with E-state index in [0.717, 1.165) is 0 Å². The summed E-state index contributed by atoms with van der Waals surface area (Å²) in [7, 11) is 0. The lowest BCUT2D eigenvalue weighted by Gasteiger charge is -1.77. The first-order valence-corrected chi connectivity index (χ1v) is 2.18. The van der Waals surface area contributed by atoms with Crippen molar-refractivity contribution >= 4 is 12.1 Å². The van der Waals surface area contributed by atoms with Gasteiger partial charge in [0.15, 0.2) is 0 Å². The highest BCUT2D eigenvalue weighted by Crippen LogP contribution is 1.83. The number of carbonyl (C=O) groups is 2. The lowest BCUT2D eigenvalue weighted by molar-refractivity contribution is -0.116. The van der Waals surface area contributed by atoms with Gasteiger partial charge in [0.1, 0.15) is 12.4 Å². The Morgan fingerprint density at radius 2 is 2.38 bits per heavy atom. The van der Waals surface area contributed by atoms with Crippen LogP contribution in [0.1, 0.15) is 12.8 Å². The van der Waals surface area contributed by atoms with Gasteiger partial charge in [-0.1, -0.05) is 0 Å². The van der Waals surface area contributed by atoms with Gasteiger partial charge in [0, 0.05) is 12.8 Å². The van der Waals surface area contributed by atoms with Crippen molar-refractivity contribution in [1.82, 2.24) is 0 Å². The molecule has 0 bridgehead atoms. The average Bonchev–Trinajstić information content (AvgIpc) is 1.83. The Morgan fingerprint density at radius 3 is 2.75 bits per heavy atom. The van der Waals surface area contributed by atoms with Crippen LogP contribution in [0.3, 0.4) is 0 Å². The van der Waals surface area contributed by atoms with Crippen LogP contribution >= 0.6 is 0 Å². The predicted molar refractivity (Wildman–Crippen MR) is 25.9 cm³/mol. The maximum absolute atomic E-state index is 10.1. The summed E-state index contributed by atoms with van der Waals surface area (Å²) in [6.07, 6.45) is 0.835. The highest BCUT2D eigenvalue weighted by molar-refractivity contribution is 5.94. The minimum atomic E-state index is -0.530. The number of rotatable bonds is 3. The fourth-order valence-electron chi connectivity index (χ4n) is 0.246. The quantitative estimate of drug-likeness (QED) is 0.382. The summed E-state index contributed by atoms with van der Waals surface area (Å²) in [5.41, 5.74) is 0. The van der Waals surface area contributed by atoms with E-state index in [0.29, 0.717) is 6.29 Å². The number of nitriles is 1. The van der Waals surface area contributed by atoms with Crippen molar-refractivity contribution in [2.75, 3.05) is 0 Å². The van der Waals surface area contributed by atoms with Crippen LogP contribution < -0.4 is 0 Å². The van der Waals surface area contributed by atoms with Crippen LogP contribution in [0.5, 0.6) is 0 Å². The lowest BCUT2D eigenvalue weighted by Crippen LogP contribution is -1.91. The van der Waals surface area contributed by atoms with Crippen LogP contribution in [0.4, 0.5) is 0 Å². The molecule has 0 atom stereocenters. The molecule has 0 aromatic rings. The van der Waals surface area contributed by atoms with Crippen LogP contribution in [0.15, 0.2) is 0 Å². The Kier molecular flexibility index (Phi) is 3.42. The molecule has 0 aromatic heterocycles. The minimum absolute atomic E-state index is 0.0556. The van der Waals surface area contributed by atoms with Crippen LogP contribution in [-0.4, -0.2) is 12.1 Å². The summed E-state index contributed by atoms with van der Waals surface area (Å²) in [6.45, 7) is 0. The SMILES string of the molecule is N#CC(=O)CCC=O. The predicted octanol–water partition coefficient (Wildman–Crippen LogP) is 0.0582. The molecule has 3 heteroatoms. The fourth-order valence-corrected chi connectivity index (χ4v) is 0.246. The first-order chi connectivity index (χ1) is 3.81. The third-order valence-electron chi connectivity index (χ3n) is 0.614. The Labute approximate surface area is 46.9 Å². The molecular weight excluding hydrogens is 106 g/mol. The van der Waals surface area contributed by atoms with E-state index < -0.39 is 5.78 Å². The molecule has 0 spiro atoms. The molecule has 0 aliphatic rings. The van der Waals surface area contributed by atoms with Crippen molar-refractivity contribution in [1.29, 1.82) is 5.26 Å². The number of Topliss-reactive ketones (excluding diaryl/α,β-unsaturated/α-hetero) is 1. The van der Waals surface area contributed by atoms with E-state index >= 15 is 0 Å². The topological polar surface area (TPSA) is 57.9 Å². The monoisotopic (exact) mass is 111 g/mol. The van der Waals surface area contributed by atoms with Crippen molar-refractivity contribution in [3.63, 3.8) is 0 Å². The molecule has 0 fully saturated rings. The van der Waals surface area contributed by atoms with Crippen molar-refractivity contribution in [3.8, 4) is 6.07 Å². The molecule has 0 N–H and O–H groups in total. The minimum Gasteiger partial charge on any atom is -0.303 e. The highest BCUT2D eigenvalue weighted by atomic mass is 16.1. The second-order valence-corrected chi connectivity index (χ2v) is 1.24. The van der Waals surface area contributed by atoms with Gasteiger partial charge in [0.25, 0.3) is 0 Å². The average molecular weight is 111 g/mol. The van der Waals surface area contributed by atoms with Gasteiger partial charge in [-0.3, -0.25) is 4.79 Å². The smallest absolute Gasteiger partial charge is 0.232 e. The summed E-state index contributed by atoms with van der Waals surface area (Å²) in [5.74, 6) is -0.530. The van der Waals surface area contributed by atoms with E-state index in [-0.39, 0.29) is 12.8 Å². The van der Waals surface area contributed by atoms with Gasteiger partial charge >= 0.3 is 0 Å². The van der Waals surface area contributed by atoms with Gasteiger partial charge in [0.2, 0.25) is 5.78 Å². The number of carbonyl (C=O) groups excluding carboxylic acids is 2. The van der Waals surface area contributed by atoms with Gasteiger partial charge < -0.3 is 4.79 Å². The molecule has 0 heterocycles. The Morgan fingerprint density at radius 1 is 1.75 bits per heavy atom. The van der Waals surface area contributed by atoms with Crippen molar-refractivity contribution < 1.29 is 9.59 Å². The summed E-state index contributed by atoms with van der Waals surface area (Å²) in [5, 5.41) is 7.85. The highest BCUT2D eigenvalue weighted by Gasteiger charge is 1.94. The zero-order chi connectivity index (χ0) is 6.41. The third kappa shape index (κ3) is 3.04. The Bertz CT molecular complexity index is 134. The van der Waals surface area contributed by atoms with Crippen molar-refractivity contribution in [2.45, 2.75) is 12.8 Å². The van der Waals surface area contributed by atoms with Gasteiger partial charge in [0.05, 0.1) is 0 Å². The van der Waals surface area contributed by atoms with E-state index in [2.05, 4.69) is 0 Å². The summed E-state index contributed by atoms with van der Waals surface area (Å²) >= 11 is 0. The summed E-state index contributed by atoms with van der Waals surface area (Å²) in [6, 6.07) is 1.40. The summed E-state index contributed by atoms with van der Waals surface area (Å²) < 4.78 is 0. The second-order valence-electron chi connectivity index (χ2n) is 1.24. The van der Waals surface area contributed by atoms with Crippen LogP contribution in [0, 0.1) is 11.3 Å². The van der Waals surface area contributed by atoms with Crippen LogP contribution in [-0.2, 0) is 9.59 Å². The number of ketones is 1. The van der Waals surface area contributed by atoms with E-state index in [1.807, 2.05) is 0 Å². The molecule has 0 aromatic carbocycles. The molecule has 0 unspecified atom stereocenters. The molecule has 0 saturated heterocycles. The zero-order valence-corrected chi connectivity index (χ0v) is 4.26. The van der Waals surface area contributed by atoms with Gasteiger partial charge in [-0.05, 0) is 0 Å². The molecule has 0 aliphatic heterocycles. The number of nitrogens with zero attached hydrogens (tertiary/aromatic N) is 1. The molecular formula is C5H5NO2. The molecule has 42 valence electrons. The Hall–Kier alpha value is -1.17. The molecule has 0 rings (SSSR count). The normalized spacial score (nSPS) is 7.38. The fraction of sp³-hybridized carbons (Fsp3) is 0.400. The first kappa shape index (κ1) is 6.83. The molecule has 3 nitrogen and oxygen atoms in total. The summed E-state index contributed by atoms with van der Waals surface area (Å²) in [4.78, 5) is 19.6. The second kappa shape index (κ2) is 4.00. The van der Waals surface area contributed by atoms with Gasteiger partial charge in [-0.15, -0.1) is 0 Å². The molecule has 8 heavy (non-hydrogen) atoms. The first-order valence-electron chi connectivity index (χ1n) is 2.18. The van der Waals surface area contributed by atoms with Crippen molar-refractivity contribution in [2.24, 2.45) is 0 Å². The zero-order valence-electron chi connectivity index (χ0n) is 4.26. The largest absolute Gasteiger partial charge is 0.303 e. The third-order valence-corrected chi connectivity index (χ3v) is 0.614. The molecule has 0 radical (unpaired) electrons. The standard InChI is InChI=1S/C5H5NO2/c6-4-5(8)2-1-3-7/h3H,1-2H2. The van der Waals surface area contributed by atoms with E-state index in [9.17, 15) is 9.59 Å². The van der Waals surface area contributed by atoms with Crippen LogP contribution in [0.25, 0.3) is 0 Å². The maximum atomic E-state index is 10.1. The maximum Gasteiger partial charge on any atom is 0.232 e. The molecule has 0 amide bonds. The number of aldehydes is 1. The lowest BCUT2D eigenvalue weighted by atomic mass is 10.2. The molecule has 0 saturated carbocycles.